The summed E-state index contributed by atoms with van der Waals surface area (Å²) in [4.78, 5) is 11.6. The van der Waals surface area contributed by atoms with E-state index < -0.39 is 5.60 Å². The molecule has 152 valence electrons. The lowest BCUT2D eigenvalue weighted by molar-refractivity contribution is 0.0527. The molecular formula is C24H34N2O2. The number of amides is 1. The summed E-state index contributed by atoms with van der Waals surface area (Å²) in [5.41, 5.74) is 10.2. The minimum atomic E-state index is -0.456. The predicted octanol–water partition coefficient (Wildman–Crippen LogP) is 5.09. The van der Waals surface area contributed by atoms with Crippen molar-refractivity contribution in [2.24, 2.45) is 5.73 Å². The number of hydrogen-bond acceptors (Lipinski definition) is 3. The highest BCUT2D eigenvalue weighted by Gasteiger charge is 2.15. The zero-order valence-electron chi connectivity index (χ0n) is 17.5. The third kappa shape index (κ3) is 8.13. The van der Waals surface area contributed by atoms with Crippen LogP contribution < -0.4 is 11.1 Å². The van der Waals surface area contributed by atoms with Crippen molar-refractivity contribution >= 4 is 6.09 Å². The average Bonchev–Trinajstić information content (AvgIpc) is 2.65. The summed E-state index contributed by atoms with van der Waals surface area (Å²) in [6, 6.07) is 17.5. The number of nitrogens with one attached hydrogen (secondary N) is 1. The molecule has 0 heterocycles. The highest BCUT2D eigenvalue weighted by atomic mass is 16.6. The molecule has 2 aromatic rings. The quantitative estimate of drug-likeness (QED) is 0.594. The van der Waals surface area contributed by atoms with E-state index in [1.165, 1.54) is 22.3 Å². The Morgan fingerprint density at radius 1 is 0.857 bits per heavy atom. The monoisotopic (exact) mass is 382 g/mol. The molecule has 0 fully saturated rings. The van der Waals surface area contributed by atoms with Crippen molar-refractivity contribution < 1.29 is 9.53 Å². The highest BCUT2D eigenvalue weighted by molar-refractivity contribution is 5.67. The number of rotatable bonds is 9. The van der Waals surface area contributed by atoms with Gasteiger partial charge in [-0.2, -0.15) is 0 Å². The maximum Gasteiger partial charge on any atom is 0.407 e. The molecule has 0 saturated heterocycles. The van der Waals surface area contributed by atoms with E-state index in [1.54, 1.807) is 0 Å². The van der Waals surface area contributed by atoms with Crippen molar-refractivity contribution in [2.75, 3.05) is 13.1 Å². The molecule has 0 saturated carbocycles. The SMILES string of the molecule is CC(C)(C)OC(=O)NCCCc1ccc(-c2ccc(CCCCN)cc2)cc1. The van der Waals surface area contributed by atoms with Crippen molar-refractivity contribution in [1.82, 2.24) is 5.32 Å². The molecule has 0 aromatic heterocycles. The van der Waals surface area contributed by atoms with Gasteiger partial charge in [-0.1, -0.05) is 48.5 Å². The molecule has 2 aromatic carbocycles. The summed E-state index contributed by atoms with van der Waals surface area (Å²) in [7, 11) is 0. The Bertz CT molecular complexity index is 716. The van der Waals surface area contributed by atoms with Gasteiger partial charge in [-0.15, -0.1) is 0 Å². The molecule has 0 atom stereocenters. The fourth-order valence-electron chi connectivity index (χ4n) is 3.00. The van der Waals surface area contributed by atoms with Crippen LogP contribution in [0.25, 0.3) is 11.1 Å². The Hall–Kier alpha value is -2.33. The van der Waals surface area contributed by atoms with Crippen LogP contribution in [-0.4, -0.2) is 24.8 Å². The summed E-state index contributed by atoms with van der Waals surface area (Å²) >= 11 is 0. The van der Waals surface area contributed by atoms with Crippen molar-refractivity contribution in [3.8, 4) is 11.1 Å². The number of ether oxygens (including phenoxy) is 1. The first-order valence-electron chi connectivity index (χ1n) is 10.2. The molecule has 0 unspecified atom stereocenters. The molecule has 0 aliphatic heterocycles. The third-order valence-corrected chi connectivity index (χ3v) is 4.47. The van der Waals surface area contributed by atoms with Gasteiger partial charge in [0.05, 0.1) is 0 Å². The van der Waals surface area contributed by atoms with Crippen molar-refractivity contribution in [1.29, 1.82) is 0 Å². The van der Waals surface area contributed by atoms with Crippen LogP contribution in [0, 0.1) is 0 Å². The van der Waals surface area contributed by atoms with E-state index in [0.717, 1.165) is 38.6 Å². The standard InChI is InChI=1S/C24H34N2O2/c1-24(2,3)28-23(27)26-18-6-8-20-11-15-22(16-12-20)21-13-9-19(10-14-21)7-4-5-17-25/h9-16H,4-8,17-18,25H2,1-3H3,(H,26,27). The number of benzene rings is 2. The van der Waals surface area contributed by atoms with Gasteiger partial charge in [0.1, 0.15) is 5.60 Å². The molecule has 4 nitrogen and oxygen atoms in total. The van der Waals surface area contributed by atoms with Crippen LogP contribution in [0.3, 0.4) is 0 Å². The lowest BCUT2D eigenvalue weighted by atomic mass is 10.00. The molecule has 0 spiro atoms. The van der Waals surface area contributed by atoms with Crippen LogP contribution in [0.5, 0.6) is 0 Å². The van der Waals surface area contributed by atoms with Gasteiger partial charge in [0.15, 0.2) is 0 Å². The molecule has 2 rings (SSSR count). The Morgan fingerprint density at radius 3 is 1.82 bits per heavy atom. The summed E-state index contributed by atoms with van der Waals surface area (Å²) in [5.74, 6) is 0. The molecule has 0 aliphatic rings. The first-order valence-corrected chi connectivity index (χ1v) is 10.2. The van der Waals surface area contributed by atoms with Crippen LogP contribution in [0.2, 0.25) is 0 Å². The Labute approximate surface area is 169 Å². The van der Waals surface area contributed by atoms with Gasteiger partial charge in [0.2, 0.25) is 0 Å². The van der Waals surface area contributed by atoms with E-state index in [1.807, 2.05) is 20.8 Å². The van der Waals surface area contributed by atoms with Crippen LogP contribution in [-0.2, 0) is 17.6 Å². The second-order valence-corrected chi connectivity index (χ2v) is 8.17. The van der Waals surface area contributed by atoms with Crippen LogP contribution in [0.4, 0.5) is 4.79 Å². The minimum Gasteiger partial charge on any atom is -0.444 e. The summed E-state index contributed by atoms with van der Waals surface area (Å²) in [6.07, 6.45) is 4.78. The zero-order valence-corrected chi connectivity index (χ0v) is 17.5. The van der Waals surface area contributed by atoms with E-state index in [4.69, 9.17) is 10.5 Å². The topological polar surface area (TPSA) is 64.3 Å². The van der Waals surface area contributed by atoms with Gasteiger partial charge in [-0.3, -0.25) is 0 Å². The van der Waals surface area contributed by atoms with Gasteiger partial charge in [-0.05, 0) is 81.7 Å². The van der Waals surface area contributed by atoms with Crippen molar-refractivity contribution in [3.63, 3.8) is 0 Å². The summed E-state index contributed by atoms with van der Waals surface area (Å²) in [5, 5.41) is 2.80. The van der Waals surface area contributed by atoms with Gasteiger partial charge in [0.25, 0.3) is 0 Å². The van der Waals surface area contributed by atoms with E-state index in [2.05, 4.69) is 53.8 Å². The van der Waals surface area contributed by atoms with E-state index >= 15 is 0 Å². The third-order valence-electron chi connectivity index (χ3n) is 4.47. The van der Waals surface area contributed by atoms with E-state index in [9.17, 15) is 4.79 Å². The van der Waals surface area contributed by atoms with Gasteiger partial charge < -0.3 is 15.8 Å². The Morgan fingerprint density at radius 2 is 1.36 bits per heavy atom. The molecule has 1 amide bonds. The normalized spacial score (nSPS) is 11.3. The van der Waals surface area contributed by atoms with E-state index in [0.29, 0.717) is 6.54 Å². The zero-order chi connectivity index (χ0) is 20.4. The lowest BCUT2D eigenvalue weighted by Crippen LogP contribution is -2.33. The second kappa shape index (κ2) is 10.9. The first-order chi connectivity index (χ1) is 13.4. The number of alkyl carbamates (subject to hydrolysis) is 1. The maximum absolute atomic E-state index is 11.6. The van der Waals surface area contributed by atoms with Crippen molar-refractivity contribution in [3.05, 3.63) is 59.7 Å². The second-order valence-electron chi connectivity index (χ2n) is 8.17. The van der Waals surface area contributed by atoms with Crippen LogP contribution in [0.1, 0.15) is 51.2 Å². The number of nitrogens with two attached hydrogens (primary N) is 1. The smallest absolute Gasteiger partial charge is 0.407 e. The number of hydrogen-bond donors (Lipinski definition) is 2. The summed E-state index contributed by atoms with van der Waals surface area (Å²) in [6.45, 7) is 6.97. The molecular weight excluding hydrogens is 348 g/mol. The van der Waals surface area contributed by atoms with E-state index in [-0.39, 0.29) is 6.09 Å². The Kier molecular flexibility index (Phi) is 8.52. The van der Waals surface area contributed by atoms with Gasteiger partial charge in [-0.25, -0.2) is 4.79 Å². The van der Waals surface area contributed by atoms with Gasteiger partial charge in [0, 0.05) is 6.54 Å². The average molecular weight is 383 g/mol. The van der Waals surface area contributed by atoms with Gasteiger partial charge >= 0.3 is 6.09 Å². The van der Waals surface area contributed by atoms with Crippen LogP contribution >= 0.6 is 0 Å². The highest BCUT2D eigenvalue weighted by Crippen LogP contribution is 2.21. The van der Waals surface area contributed by atoms with Crippen LogP contribution in [0.15, 0.2) is 48.5 Å². The van der Waals surface area contributed by atoms with Crippen molar-refractivity contribution in [2.45, 2.75) is 58.5 Å². The largest absolute Gasteiger partial charge is 0.444 e. The first kappa shape index (κ1) is 22.0. The molecule has 0 bridgehead atoms. The summed E-state index contributed by atoms with van der Waals surface area (Å²) < 4.78 is 5.23. The Balaban J connectivity index is 1.77. The fourth-order valence-corrected chi connectivity index (χ4v) is 3.00. The fraction of sp³-hybridized carbons (Fsp3) is 0.458. The number of carbonyl (C=O) groups excluding carboxylic acids is 1. The predicted molar refractivity (Wildman–Crippen MR) is 116 cm³/mol. The minimum absolute atomic E-state index is 0.352. The lowest BCUT2D eigenvalue weighted by Gasteiger charge is -2.19. The maximum atomic E-state index is 11.6. The number of aryl methyl sites for hydroxylation is 2. The molecule has 28 heavy (non-hydrogen) atoms. The molecule has 0 aliphatic carbocycles. The molecule has 0 radical (unpaired) electrons. The number of carbonyl (C=O) groups is 1. The molecule has 4 heteroatoms. The number of unbranched alkanes of at least 4 members (excludes halogenated alkanes) is 1. The molecule has 3 N–H and O–H groups in total.